The molecule has 2 rings (SSSR count). The molecular formula is C13H20N2. The lowest BCUT2D eigenvalue weighted by Crippen LogP contribution is -2.24. The first-order valence-electron chi connectivity index (χ1n) is 5.68. The smallest absolute Gasteiger partial charge is 0.0403 e. The van der Waals surface area contributed by atoms with Crippen molar-refractivity contribution in [3.05, 3.63) is 29.8 Å². The average molecular weight is 204 g/mol. The monoisotopic (exact) mass is 204 g/mol. The summed E-state index contributed by atoms with van der Waals surface area (Å²) < 4.78 is 0. The Balaban J connectivity index is 1.98. The van der Waals surface area contributed by atoms with Gasteiger partial charge >= 0.3 is 0 Å². The van der Waals surface area contributed by atoms with Crippen LogP contribution in [-0.2, 0) is 0 Å². The zero-order valence-corrected chi connectivity index (χ0v) is 9.83. The highest BCUT2D eigenvalue weighted by Gasteiger charge is 2.25. The van der Waals surface area contributed by atoms with Gasteiger partial charge in [0.25, 0.3) is 0 Å². The maximum Gasteiger partial charge on any atom is 0.0403 e. The van der Waals surface area contributed by atoms with Crippen molar-refractivity contribution in [2.24, 2.45) is 0 Å². The number of aryl methyl sites for hydroxylation is 1. The summed E-state index contributed by atoms with van der Waals surface area (Å²) in [6.45, 7) is 5.57. The number of hydrogen-bond donors (Lipinski definition) is 1. The Morgan fingerprint density at radius 1 is 1.40 bits per heavy atom. The van der Waals surface area contributed by atoms with Gasteiger partial charge in [0.15, 0.2) is 0 Å². The lowest BCUT2D eigenvalue weighted by Gasteiger charge is -2.14. The van der Waals surface area contributed by atoms with Crippen molar-refractivity contribution in [2.45, 2.75) is 32.4 Å². The van der Waals surface area contributed by atoms with Crippen molar-refractivity contribution < 1.29 is 0 Å². The van der Waals surface area contributed by atoms with Gasteiger partial charge in [0.2, 0.25) is 0 Å². The molecule has 0 aliphatic carbocycles. The van der Waals surface area contributed by atoms with Gasteiger partial charge < -0.3 is 10.2 Å². The van der Waals surface area contributed by atoms with Crippen molar-refractivity contribution in [3.8, 4) is 0 Å². The quantitative estimate of drug-likeness (QED) is 0.796. The third-order valence-corrected chi connectivity index (χ3v) is 3.28. The Hall–Kier alpha value is -1.02. The van der Waals surface area contributed by atoms with E-state index in [9.17, 15) is 0 Å². The van der Waals surface area contributed by atoms with Crippen LogP contribution < -0.4 is 5.32 Å². The predicted molar refractivity (Wildman–Crippen MR) is 65.3 cm³/mol. The molecule has 0 saturated carbocycles. The Kier molecular flexibility index (Phi) is 2.96. The van der Waals surface area contributed by atoms with Gasteiger partial charge in [0.05, 0.1) is 0 Å². The summed E-state index contributed by atoms with van der Waals surface area (Å²) in [4.78, 5) is 2.41. The molecule has 2 unspecified atom stereocenters. The van der Waals surface area contributed by atoms with Gasteiger partial charge in [-0.3, -0.25) is 0 Å². The molecule has 0 amide bonds. The minimum absolute atomic E-state index is 0.604. The molecule has 15 heavy (non-hydrogen) atoms. The summed E-state index contributed by atoms with van der Waals surface area (Å²) in [5.74, 6) is 0. The van der Waals surface area contributed by atoms with Gasteiger partial charge in [-0.25, -0.2) is 0 Å². The first kappa shape index (κ1) is 10.5. The van der Waals surface area contributed by atoms with E-state index in [-0.39, 0.29) is 0 Å². The average Bonchev–Trinajstić information content (AvgIpc) is 2.45. The van der Waals surface area contributed by atoms with Crippen LogP contribution >= 0.6 is 0 Å². The first-order chi connectivity index (χ1) is 7.15. The highest BCUT2D eigenvalue weighted by atomic mass is 15.2. The molecule has 0 aromatic heterocycles. The van der Waals surface area contributed by atoms with Crippen molar-refractivity contribution in [3.63, 3.8) is 0 Å². The molecule has 1 aromatic carbocycles. The second-order valence-corrected chi connectivity index (χ2v) is 4.74. The number of rotatable bonds is 2. The normalized spacial score (nSPS) is 26.9. The SMILES string of the molecule is Cc1cccc(NC2CC(C)N(C)C2)c1. The summed E-state index contributed by atoms with van der Waals surface area (Å²) in [5, 5.41) is 3.60. The highest BCUT2D eigenvalue weighted by Crippen LogP contribution is 2.19. The number of nitrogens with one attached hydrogen (secondary N) is 1. The van der Waals surface area contributed by atoms with Crippen molar-refractivity contribution in [1.82, 2.24) is 4.90 Å². The van der Waals surface area contributed by atoms with E-state index in [4.69, 9.17) is 0 Å². The van der Waals surface area contributed by atoms with Gasteiger partial charge in [-0.1, -0.05) is 12.1 Å². The zero-order chi connectivity index (χ0) is 10.8. The van der Waals surface area contributed by atoms with E-state index in [0.29, 0.717) is 12.1 Å². The van der Waals surface area contributed by atoms with E-state index in [1.165, 1.54) is 17.7 Å². The molecule has 1 aliphatic rings. The van der Waals surface area contributed by atoms with Crippen LogP contribution in [0.4, 0.5) is 5.69 Å². The van der Waals surface area contributed by atoms with Gasteiger partial charge in [-0.2, -0.15) is 0 Å². The van der Waals surface area contributed by atoms with Gasteiger partial charge in [-0.15, -0.1) is 0 Å². The standard InChI is InChI=1S/C13H20N2/c1-10-5-4-6-12(7-10)14-13-8-11(2)15(3)9-13/h4-7,11,13-14H,8-9H2,1-3H3. The van der Waals surface area contributed by atoms with E-state index in [1.54, 1.807) is 0 Å². The van der Waals surface area contributed by atoms with Crippen molar-refractivity contribution in [2.75, 3.05) is 18.9 Å². The fraction of sp³-hybridized carbons (Fsp3) is 0.538. The van der Waals surface area contributed by atoms with Crippen LogP contribution in [0.2, 0.25) is 0 Å². The lowest BCUT2D eigenvalue weighted by molar-refractivity contribution is 0.330. The molecule has 2 atom stereocenters. The predicted octanol–water partition coefficient (Wildman–Crippen LogP) is 2.50. The lowest BCUT2D eigenvalue weighted by atomic mass is 10.1. The number of benzene rings is 1. The largest absolute Gasteiger partial charge is 0.381 e. The Morgan fingerprint density at radius 2 is 2.20 bits per heavy atom. The molecule has 0 radical (unpaired) electrons. The minimum atomic E-state index is 0.604. The van der Waals surface area contributed by atoms with E-state index in [1.807, 2.05) is 0 Å². The van der Waals surface area contributed by atoms with Crippen LogP contribution in [0.3, 0.4) is 0 Å². The Morgan fingerprint density at radius 3 is 2.80 bits per heavy atom. The maximum atomic E-state index is 3.60. The Labute approximate surface area is 92.3 Å². The minimum Gasteiger partial charge on any atom is -0.381 e. The van der Waals surface area contributed by atoms with Gasteiger partial charge in [0, 0.05) is 24.3 Å². The summed E-state index contributed by atoms with van der Waals surface area (Å²) in [6.07, 6.45) is 1.24. The molecule has 0 bridgehead atoms. The fourth-order valence-electron chi connectivity index (χ4n) is 2.27. The summed E-state index contributed by atoms with van der Waals surface area (Å²) in [5.41, 5.74) is 2.57. The molecule has 1 N–H and O–H groups in total. The van der Waals surface area contributed by atoms with Crippen LogP contribution in [0.1, 0.15) is 18.9 Å². The number of likely N-dealkylation sites (tertiary alicyclic amines) is 1. The second-order valence-electron chi connectivity index (χ2n) is 4.74. The molecule has 82 valence electrons. The van der Waals surface area contributed by atoms with E-state index < -0.39 is 0 Å². The third-order valence-electron chi connectivity index (χ3n) is 3.28. The molecule has 2 heteroatoms. The van der Waals surface area contributed by atoms with Crippen LogP contribution in [0.15, 0.2) is 24.3 Å². The molecule has 1 saturated heterocycles. The first-order valence-corrected chi connectivity index (χ1v) is 5.68. The fourth-order valence-corrected chi connectivity index (χ4v) is 2.27. The maximum absolute atomic E-state index is 3.60. The molecule has 1 fully saturated rings. The number of hydrogen-bond acceptors (Lipinski definition) is 2. The molecular weight excluding hydrogens is 184 g/mol. The van der Waals surface area contributed by atoms with Gasteiger partial charge in [-0.05, 0) is 45.0 Å². The topological polar surface area (TPSA) is 15.3 Å². The van der Waals surface area contributed by atoms with E-state index in [2.05, 4.69) is 55.4 Å². The molecule has 1 aliphatic heterocycles. The van der Waals surface area contributed by atoms with Crippen LogP contribution in [0.5, 0.6) is 0 Å². The number of anilines is 1. The van der Waals surface area contributed by atoms with Crippen molar-refractivity contribution in [1.29, 1.82) is 0 Å². The van der Waals surface area contributed by atoms with Crippen LogP contribution in [-0.4, -0.2) is 30.6 Å². The zero-order valence-electron chi connectivity index (χ0n) is 9.83. The van der Waals surface area contributed by atoms with Crippen molar-refractivity contribution >= 4 is 5.69 Å². The summed E-state index contributed by atoms with van der Waals surface area (Å²) in [7, 11) is 2.20. The summed E-state index contributed by atoms with van der Waals surface area (Å²) >= 11 is 0. The van der Waals surface area contributed by atoms with Crippen LogP contribution in [0, 0.1) is 6.92 Å². The molecule has 1 aromatic rings. The summed E-state index contributed by atoms with van der Waals surface area (Å²) in [6, 6.07) is 9.91. The van der Waals surface area contributed by atoms with E-state index in [0.717, 1.165) is 6.54 Å². The van der Waals surface area contributed by atoms with Crippen LogP contribution in [0.25, 0.3) is 0 Å². The molecule has 2 nitrogen and oxygen atoms in total. The Bertz CT molecular complexity index is 325. The number of nitrogens with zero attached hydrogens (tertiary/aromatic N) is 1. The van der Waals surface area contributed by atoms with Gasteiger partial charge in [0.1, 0.15) is 0 Å². The molecule has 0 spiro atoms. The molecule has 1 heterocycles. The second kappa shape index (κ2) is 4.23. The highest BCUT2D eigenvalue weighted by molar-refractivity contribution is 5.46. The number of likely N-dealkylation sites (N-methyl/N-ethyl adjacent to an activating group) is 1. The third kappa shape index (κ3) is 2.51. The van der Waals surface area contributed by atoms with E-state index >= 15 is 0 Å².